The number of carbonyl (C=O) groups excluding carboxylic acids is 2. The maximum atomic E-state index is 12.0. The summed E-state index contributed by atoms with van der Waals surface area (Å²) in [5, 5.41) is 17.6. The molecule has 0 unspecified atom stereocenters. The molecule has 3 aromatic rings. The molecule has 1 aromatic carbocycles. The summed E-state index contributed by atoms with van der Waals surface area (Å²) >= 11 is 1.54. The average Bonchev–Trinajstić information content (AvgIpc) is 3.32. The number of carbonyl (C=O) groups is 2. The molecule has 0 fully saturated rings. The minimum Gasteiger partial charge on any atom is -0.458 e. The minimum atomic E-state index is -0.864. The van der Waals surface area contributed by atoms with Gasteiger partial charge in [-0.15, -0.1) is 11.3 Å². The van der Waals surface area contributed by atoms with Crippen LogP contribution in [0.3, 0.4) is 0 Å². The first-order chi connectivity index (χ1) is 12.9. The SMILES string of the molecule is Cc1cc([N+](=O)[O-])ccc1NC(=O)C(=O)NCc1ccc(-c2cccs2)o1. The Hall–Kier alpha value is -3.46. The molecule has 0 atom stereocenters. The molecule has 0 spiro atoms. The summed E-state index contributed by atoms with van der Waals surface area (Å²) in [7, 11) is 0. The van der Waals surface area contributed by atoms with Gasteiger partial charge in [-0.25, -0.2) is 0 Å². The number of anilines is 1. The topological polar surface area (TPSA) is 114 Å². The molecule has 0 radical (unpaired) electrons. The normalized spacial score (nSPS) is 10.4. The molecule has 3 rings (SSSR count). The number of nitrogens with zero attached hydrogens (tertiary/aromatic N) is 1. The number of thiophene rings is 1. The van der Waals surface area contributed by atoms with Gasteiger partial charge >= 0.3 is 11.8 Å². The van der Waals surface area contributed by atoms with Gasteiger partial charge in [0.2, 0.25) is 0 Å². The zero-order valence-electron chi connectivity index (χ0n) is 14.2. The Balaban J connectivity index is 1.57. The molecule has 0 aliphatic rings. The maximum absolute atomic E-state index is 12.0. The summed E-state index contributed by atoms with van der Waals surface area (Å²) in [5.74, 6) is -0.481. The molecule has 2 amide bonds. The lowest BCUT2D eigenvalue weighted by Crippen LogP contribution is -2.35. The van der Waals surface area contributed by atoms with Crippen molar-refractivity contribution < 1.29 is 18.9 Å². The van der Waals surface area contributed by atoms with E-state index in [0.29, 0.717) is 22.8 Å². The van der Waals surface area contributed by atoms with E-state index in [0.717, 1.165) is 4.88 Å². The van der Waals surface area contributed by atoms with E-state index in [1.54, 1.807) is 19.1 Å². The summed E-state index contributed by atoms with van der Waals surface area (Å²) in [5.41, 5.74) is 0.727. The van der Waals surface area contributed by atoms with Crippen molar-refractivity contribution in [1.29, 1.82) is 0 Å². The van der Waals surface area contributed by atoms with Crippen LogP contribution in [0, 0.1) is 17.0 Å². The van der Waals surface area contributed by atoms with Gasteiger partial charge in [0.15, 0.2) is 0 Å². The van der Waals surface area contributed by atoms with Gasteiger partial charge in [-0.05, 0) is 42.1 Å². The van der Waals surface area contributed by atoms with Crippen LogP contribution in [0.25, 0.3) is 10.6 Å². The molecule has 2 heterocycles. The lowest BCUT2D eigenvalue weighted by Gasteiger charge is -2.08. The van der Waals surface area contributed by atoms with Crippen LogP contribution in [-0.2, 0) is 16.1 Å². The number of amides is 2. The highest BCUT2D eigenvalue weighted by Crippen LogP contribution is 2.26. The van der Waals surface area contributed by atoms with Crippen LogP contribution < -0.4 is 10.6 Å². The molecule has 2 aromatic heterocycles. The average molecular weight is 385 g/mol. The van der Waals surface area contributed by atoms with E-state index < -0.39 is 16.7 Å². The minimum absolute atomic E-state index is 0.0663. The highest BCUT2D eigenvalue weighted by Gasteiger charge is 2.16. The van der Waals surface area contributed by atoms with Gasteiger partial charge in [-0.2, -0.15) is 0 Å². The second-order valence-corrected chi connectivity index (χ2v) is 6.58. The number of hydrogen-bond acceptors (Lipinski definition) is 6. The molecular weight excluding hydrogens is 370 g/mol. The third-order valence-corrected chi connectivity index (χ3v) is 4.61. The van der Waals surface area contributed by atoms with Gasteiger partial charge < -0.3 is 15.1 Å². The molecule has 0 saturated carbocycles. The highest BCUT2D eigenvalue weighted by molar-refractivity contribution is 7.13. The largest absolute Gasteiger partial charge is 0.458 e. The Morgan fingerprint density at radius 1 is 1.19 bits per heavy atom. The van der Waals surface area contributed by atoms with E-state index in [2.05, 4.69) is 10.6 Å². The number of rotatable bonds is 5. The first kappa shape index (κ1) is 18.3. The number of aryl methyl sites for hydroxylation is 1. The van der Waals surface area contributed by atoms with E-state index >= 15 is 0 Å². The number of benzene rings is 1. The monoisotopic (exact) mass is 385 g/mol. The third kappa shape index (κ3) is 4.39. The molecular formula is C18H15N3O5S. The Bertz CT molecular complexity index is 994. The maximum Gasteiger partial charge on any atom is 0.313 e. The number of nitro groups is 1. The number of furan rings is 1. The second-order valence-electron chi connectivity index (χ2n) is 5.64. The summed E-state index contributed by atoms with van der Waals surface area (Å²) in [6.07, 6.45) is 0. The Labute approximate surface area is 158 Å². The van der Waals surface area contributed by atoms with Crippen LogP contribution in [0.2, 0.25) is 0 Å². The van der Waals surface area contributed by atoms with Crippen molar-refractivity contribution in [3.05, 3.63) is 69.3 Å². The lowest BCUT2D eigenvalue weighted by atomic mass is 10.2. The van der Waals surface area contributed by atoms with Gasteiger partial charge in [0, 0.05) is 17.8 Å². The third-order valence-electron chi connectivity index (χ3n) is 3.72. The standard InChI is InChI=1S/C18H15N3O5S/c1-11-9-12(21(24)25)4-6-14(11)20-18(23)17(22)19-10-13-5-7-15(26-13)16-3-2-8-27-16/h2-9H,10H2,1H3,(H,19,22)(H,20,23). The number of nitro benzene ring substituents is 1. The fraction of sp³-hybridized carbons (Fsp3) is 0.111. The molecule has 9 heteroatoms. The predicted molar refractivity (Wildman–Crippen MR) is 100 cm³/mol. The van der Waals surface area contributed by atoms with Crippen LogP contribution in [0.1, 0.15) is 11.3 Å². The highest BCUT2D eigenvalue weighted by atomic mass is 32.1. The van der Waals surface area contributed by atoms with Crippen molar-refractivity contribution in [3.8, 4) is 10.6 Å². The smallest absolute Gasteiger partial charge is 0.313 e. The summed E-state index contributed by atoms with van der Waals surface area (Å²) in [4.78, 5) is 35.2. The van der Waals surface area contributed by atoms with Crippen LogP contribution >= 0.6 is 11.3 Å². The van der Waals surface area contributed by atoms with E-state index in [1.165, 1.54) is 29.5 Å². The molecule has 138 valence electrons. The quantitative estimate of drug-likeness (QED) is 0.396. The Kier molecular flexibility index (Phi) is 5.32. The number of hydrogen-bond donors (Lipinski definition) is 2. The summed E-state index contributed by atoms with van der Waals surface area (Å²) in [6, 6.07) is 11.3. The number of non-ortho nitro benzene ring substituents is 1. The Morgan fingerprint density at radius 2 is 2.00 bits per heavy atom. The zero-order valence-corrected chi connectivity index (χ0v) is 15.0. The van der Waals surface area contributed by atoms with Gasteiger partial charge in [0.25, 0.3) is 5.69 Å². The van der Waals surface area contributed by atoms with Crippen LogP contribution in [0.4, 0.5) is 11.4 Å². The predicted octanol–water partition coefficient (Wildman–Crippen LogP) is 3.48. The van der Waals surface area contributed by atoms with E-state index in [4.69, 9.17) is 4.42 Å². The Morgan fingerprint density at radius 3 is 2.67 bits per heavy atom. The summed E-state index contributed by atoms with van der Waals surface area (Å²) in [6.45, 7) is 1.67. The van der Waals surface area contributed by atoms with Crippen molar-refractivity contribution in [1.82, 2.24) is 5.32 Å². The van der Waals surface area contributed by atoms with Gasteiger partial charge in [0.1, 0.15) is 11.5 Å². The van der Waals surface area contributed by atoms with Crippen molar-refractivity contribution in [2.45, 2.75) is 13.5 Å². The van der Waals surface area contributed by atoms with Crippen LogP contribution in [0.15, 0.2) is 52.3 Å². The number of nitrogens with one attached hydrogen (secondary N) is 2. The first-order valence-electron chi connectivity index (χ1n) is 7.91. The fourth-order valence-electron chi connectivity index (χ4n) is 2.35. The van der Waals surface area contributed by atoms with Gasteiger partial charge in [-0.1, -0.05) is 6.07 Å². The van der Waals surface area contributed by atoms with Crippen LogP contribution in [-0.4, -0.2) is 16.7 Å². The molecule has 0 saturated heterocycles. The molecule has 0 bridgehead atoms. The van der Waals surface area contributed by atoms with E-state index in [-0.39, 0.29) is 12.2 Å². The van der Waals surface area contributed by atoms with E-state index in [1.807, 2.05) is 17.5 Å². The molecule has 27 heavy (non-hydrogen) atoms. The molecule has 8 nitrogen and oxygen atoms in total. The van der Waals surface area contributed by atoms with Gasteiger partial charge in [-0.3, -0.25) is 19.7 Å². The molecule has 0 aliphatic heterocycles. The fourth-order valence-corrected chi connectivity index (χ4v) is 3.04. The lowest BCUT2D eigenvalue weighted by molar-refractivity contribution is -0.384. The van der Waals surface area contributed by atoms with Gasteiger partial charge in [0.05, 0.1) is 16.3 Å². The second kappa shape index (κ2) is 7.83. The first-order valence-corrected chi connectivity index (χ1v) is 8.79. The van der Waals surface area contributed by atoms with Crippen molar-refractivity contribution in [2.75, 3.05) is 5.32 Å². The van der Waals surface area contributed by atoms with Crippen LogP contribution in [0.5, 0.6) is 0 Å². The zero-order chi connectivity index (χ0) is 19.4. The van der Waals surface area contributed by atoms with Crippen molar-refractivity contribution in [2.24, 2.45) is 0 Å². The van der Waals surface area contributed by atoms with Crippen molar-refractivity contribution >= 4 is 34.5 Å². The molecule has 0 aliphatic carbocycles. The van der Waals surface area contributed by atoms with E-state index in [9.17, 15) is 19.7 Å². The summed E-state index contributed by atoms with van der Waals surface area (Å²) < 4.78 is 5.63. The van der Waals surface area contributed by atoms with Crippen molar-refractivity contribution in [3.63, 3.8) is 0 Å². The molecule has 2 N–H and O–H groups in total.